The summed E-state index contributed by atoms with van der Waals surface area (Å²) in [6.45, 7) is 2.71. The van der Waals surface area contributed by atoms with Crippen LogP contribution in [0.2, 0.25) is 0 Å². The lowest BCUT2D eigenvalue weighted by molar-refractivity contribution is 0.00341. The highest BCUT2D eigenvalue weighted by Gasteiger charge is 2.30. The lowest BCUT2D eigenvalue weighted by Crippen LogP contribution is -2.35. The van der Waals surface area contributed by atoms with E-state index in [0.29, 0.717) is 13.0 Å². The van der Waals surface area contributed by atoms with Crippen molar-refractivity contribution in [1.29, 1.82) is 0 Å². The van der Waals surface area contributed by atoms with Gasteiger partial charge < -0.3 is 10.0 Å². The highest BCUT2D eigenvalue weighted by molar-refractivity contribution is 5.98. The van der Waals surface area contributed by atoms with Crippen LogP contribution in [0.4, 0.5) is 0 Å². The van der Waals surface area contributed by atoms with Crippen LogP contribution in [0.15, 0.2) is 24.3 Å². The molecule has 1 aromatic carbocycles. The number of benzene rings is 1. The minimum atomic E-state index is -0.637. The SMILES string of the molecule is CCCCCCC(O)N1Cc2ccccc2C1=O. The fourth-order valence-corrected chi connectivity index (χ4v) is 2.43. The molecule has 1 aliphatic rings. The van der Waals surface area contributed by atoms with Crippen LogP contribution in [-0.4, -0.2) is 22.1 Å². The van der Waals surface area contributed by atoms with Crippen LogP contribution < -0.4 is 0 Å². The van der Waals surface area contributed by atoms with Crippen LogP contribution in [0.25, 0.3) is 0 Å². The molecule has 0 aliphatic carbocycles. The Labute approximate surface area is 108 Å². The second-order valence-electron chi connectivity index (χ2n) is 4.92. The maximum Gasteiger partial charge on any atom is 0.256 e. The van der Waals surface area contributed by atoms with E-state index < -0.39 is 6.23 Å². The molecule has 0 spiro atoms. The van der Waals surface area contributed by atoms with Gasteiger partial charge >= 0.3 is 0 Å². The zero-order valence-electron chi connectivity index (χ0n) is 10.9. The van der Waals surface area contributed by atoms with Crippen molar-refractivity contribution in [1.82, 2.24) is 4.90 Å². The van der Waals surface area contributed by atoms with Crippen LogP contribution in [0.5, 0.6) is 0 Å². The van der Waals surface area contributed by atoms with E-state index in [4.69, 9.17) is 0 Å². The summed E-state index contributed by atoms with van der Waals surface area (Å²) in [5, 5.41) is 10.1. The summed E-state index contributed by atoms with van der Waals surface area (Å²) in [6, 6.07) is 7.59. The number of carbonyl (C=O) groups excluding carboxylic acids is 1. The van der Waals surface area contributed by atoms with Crippen molar-refractivity contribution in [2.45, 2.75) is 51.8 Å². The molecule has 0 saturated heterocycles. The maximum atomic E-state index is 12.1. The number of fused-ring (bicyclic) bond motifs is 1. The van der Waals surface area contributed by atoms with E-state index in [1.807, 2.05) is 24.3 Å². The highest BCUT2D eigenvalue weighted by atomic mass is 16.3. The minimum absolute atomic E-state index is 0.0337. The molecular weight excluding hydrogens is 226 g/mol. The molecule has 0 saturated carbocycles. The molecule has 1 N–H and O–H groups in total. The van der Waals surface area contributed by atoms with E-state index in [9.17, 15) is 9.90 Å². The molecule has 1 aliphatic heterocycles. The molecule has 0 radical (unpaired) electrons. The molecule has 1 amide bonds. The first-order chi connectivity index (χ1) is 8.74. The van der Waals surface area contributed by atoms with Gasteiger partial charge in [0.25, 0.3) is 5.91 Å². The average molecular weight is 247 g/mol. The van der Waals surface area contributed by atoms with Gasteiger partial charge in [-0.1, -0.05) is 44.4 Å². The number of hydrogen-bond donors (Lipinski definition) is 1. The van der Waals surface area contributed by atoms with Crippen molar-refractivity contribution in [2.75, 3.05) is 0 Å². The normalized spacial score (nSPS) is 15.9. The first-order valence-corrected chi connectivity index (χ1v) is 6.81. The van der Waals surface area contributed by atoms with Gasteiger partial charge in [0.05, 0.1) is 0 Å². The zero-order valence-corrected chi connectivity index (χ0v) is 10.9. The predicted octanol–water partition coefficient (Wildman–Crippen LogP) is 2.93. The first kappa shape index (κ1) is 13.1. The van der Waals surface area contributed by atoms with Crippen LogP contribution >= 0.6 is 0 Å². The van der Waals surface area contributed by atoms with Crippen LogP contribution in [-0.2, 0) is 6.54 Å². The van der Waals surface area contributed by atoms with Gasteiger partial charge in [-0.3, -0.25) is 4.79 Å². The van der Waals surface area contributed by atoms with Gasteiger partial charge in [0.15, 0.2) is 0 Å². The van der Waals surface area contributed by atoms with Gasteiger partial charge in [-0.25, -0.2) is 0 Å². The molecule has 1 unspecified atom stereocenters. The third-order valence-electron chi connectivity index (χ3n) is 3.52. The fraction of sp³-hybridized carbons (Fsp3) is 0.533. The van der Waals surface area contributed by atoms with Gasteiger partial charge in [0.1, 0.15) is 6.23 Å². The summed E-state index contributed by atoms with van der Waals surface area (Å²) >= 11 is 0. The van der Waals surface area contributed by atoms with Gasteiger partial charge in [0, 0.05) is 12.1 Å². The van der Waals surface area contributed by atoms with E-state index in [0.717, 1.165) is 24.0 Å². The van der Waals surface area contributed by atoms with Crippen LogP contribution in [0.3, 0.4) is 0 Å². The molecule has 3 heteroatoms. The summed E-state index contributed by atoms with van der Waals surface area (Å²) in [5.74, 6) is -0.0337. The second-order valence-corrected chi connectivity index (χ2v) is 4.92. The van der Waals surface area contributed by atoms with E-state index in [1.54, 1.807) is 4.90 Å². The summed E-state index contributed by atoms with van der Waals surface area (Å²) in [7, 11) is 0. The summed E-state index contributed by atoms with van der Waals surface area (Å²) < 4.78 is 0. The Morgan fingerprint density at radius 1 is 1.28 bits per heavy atom. The number of carbonyl (C=O) groups is 1. The smallest absolute Gasteiger partial charge is 0.256 e. The molecule has 1 heterocycles. The van der Waals surface area contributed by atoms with Crippen LogP contribution in [0, 0.1) is 0 Å². The summed E-state index contributed by atoms with van der Waals surface area (Å²) in [4.78, 5) is 13.7. The number of unbranched alkanes of at least 4 members (excludes halogenated alkanes) is 3. The standard InChI is InChI=1S/C15H21NO2/c1-2-3-4-5-10-14(17)16-11-12-8-6-7-9-13(12)15(16)18/h6-9,14,17H,2-5,10-11H2,1H3. The molecule has 3 nitrogen and oxygen atoms in total. The Bertz CT molecular complexity index is 417. The first-order valence-electron chi connectivity index (χ1n) is 6.81. The van der Waals surface area contributed by atoms with Crippen molar-refractivity contribution in [3.05, 3.63) is 35.4 Å². The summed E-state index contributed by atoms with van der Waals surface area (Å²) in [6.07, 6.45) is 4.53. The third-order valence-corrected chi connectivity index (χ3v) is 3.52. The van der Waals surface area contributed by atoms with Gasteiger partial charge in [-0.05, 0) is 24.5 Å². The number of nitrogens with zero attached hydrogens (tertiary/aromatic N) is 1. The Morgan fingerprint density at radius 3 is 2.78 bits per heavy atom. The molecule has 0 fully saturated rings. The molecular formula is C15H21NO2. The molecule has 98 valence electrons. The van der Waals surface area contributed by atoms with Gasteiger partial charge in [-0.15, -0.1) is 0 Å². The lowest BCUT2D eigenvalue weighted by Gasteiger charge is -2.22. The second kappa shape index (κ2) is 6.01. The van der Waals surface area contributed by atoms with E-state index in [1.165, 1.54) is 12.8 Å². The molecule has 2 rings (SSSR count). The fourth-order valence-electron chi connectivity index (χ4n) is 2.43. The average Bonchev–Trinajstić information content (AvgIpc) is 2.73. The molecule has 1 aromatic rings. The Morgan fingerprint density at radius 2 is 2.06 bits per heavy atom. The zero-order chi connectivity index (χ0) is 13.0. The lowest BCUT2D eigenvalue weighted by atomic mass is 10.1. The number of aliphatic hydroxyl groups excluding tert-OH is 1. The quantitative estimate of drug-likeness (QED) is 0.785. The van der Waals surface area contributed by atoms with Crippen molar-refractivity contribution >= 4 is 5.91 Å². The van der Waals surface area contributed by atoms with Gasteiger partial charge in [0.2, 0.25) is 0 Å². The van der Waals surface area contributed by atoms with E-state index in [-0.39, 0.29) is 5.91 Å². The predicted molar refractivity (Wildman–Crippen MR) is 71.1 cm³/mol. The third kappa shape index (κ3) is 2.72. The van der Waals surface area contributed by atoms with Crippen LogP contribution in [0.1, 0.15) is 54.9 Å². The van der Waals surface area contributed by atoms with E-state index in [2.05, 4.69) is 6.92 Å². The highest BCUT2D eigenvalue weighted by Crippen LogP contribution is 2.25. The molecule has 1 atom stereocenters. The monoisotopic (exact) mass is 247 g/mol. The number of amides is 1. The summed E-state index contributed by atoms with van der Waals surface area (Å²) in [5.41, 5.74) is 1.76. The van der Waals surface area contributed by atoms with Crippen molar-refractivity contribution in [2.24, 2.45) is 0 Å². The number of rotatable bonds is 6. The Kier molecular flexibility index (Phi) is 4.37. The largest absolute Gasteiger partial charge is 0.374 e. The minimum Gasteiger partial charge on any atom is -0.374 e. The molecule has 18 heavy (non-hydrogen) atoms. The van der Waals surface area contributed by atoms with Crippen molar-refractivity contribution in [3.63, 3.8) is 0 Å². The molecule has 0 bridgehead atoms. The van der Waals surface area contributed by atoms with Gasteiger partial charge in [-0.2, -0.15) is 0 Å². The number of hydrogen-bond acceptors (Lipinski definition) is 2. The maximum absolute atomic E-state index is 12.1. The number of aliphatic hydroxyl groups is 1. The molecule has 0 aromatic heterocycles. The Hall–Kier alpha value is -1.35. The van der Waals surface area contributed by atoms with Crippen molar-refractivity contribution < 1.29 is 9.90 Å². The van der Waals surface area contributed by atoms with E-state index >= 15 is 0 Å². The Balaban J connectivity index is 1.90. The topological polar surface area (TPSA) is 40.5 Å². The van der Waals surface area contributed by atoms with Crippen molar-refractivity contribution in [3.8, 4) is 0 Å².